The van der Waals surface area contributed by atoms with Crippen molar-refractivity contribution in [1.82, 2.24) is 10.2 Å². The Kier molecular flexibility index (Phi) is 7.06. The van der Waals surface area contributed by atoms with Gasteiger partial charge in [-0.25, -0.2) is 0 Å². The number of hydrogen-bond donors (Lipinski definition) is 1. The summed E-state index contributed by atoms with van der Waals surface area (Å²) in [5.74, 6) is 1.06. The Labute approximate surface area is 156 Å². The Hall–Kier alpha value is -2.05. The van der Waals surface area contributed by atoms with Crippen molar-refractivity contribution < 1.29 is 19.0 Å². The number of amides is 1. The molecule has 26 heavy (non-hydrogen) atoms. The van der Waals surface area contributed by atoms with Crippen LogP contribution in [0.5, 0.6) is 11.5 Å². The van der Waals surface area contributed by atoms with Crippen molar-refractivity contribution in [3.8, 4) is 11.5 Å². The third-order valence-electron chi connectivity index (χ3n) is 4.73. The first kappa shape index (κ1) is 20.3. The van der Waals surface area contributed by atoms with E-state index in [1.807, 2.05) is 6.07 Å². The van der Waals surface area contributed by atoms with Crippen molar-refractivity contribution in [2.75, 3.05) is 47.1 Å². The third-order valence-corrected chi connectivity index (χ3v) is 4.73. The first-order chi connectivity index (χ1) is 12.4. The van der Waals surface area contributed by atoms with Crippen molar-refractivity contribution in [3.05, 3.63) is 35.9 Å². The van der Waals surface area contributed by atoms with E-state index in [9.17, 15) is 4.79 Å². The van der Waals surface area contributed by atoms with E-state index in [0.29, 0.717) is 30.0 Å². The maximum atomic E-state index is 12.7. The minimum atomic E-state index is -0.139. The zero-order chi connectivity index (χ0) is 19.2. The lowest BCUT2D eigenvalue weighted by molar-refractivity contribution is -0.00923. The number of hydrogen-bond acceptors (Lipinski definition) is 5. The fraction of sp³-hybridized carbons (Fsp3) is 0.550. The van der Waals surface area contributed by atoms with Crippen molar-refractivity contribution in [2.45, 2.75) is 25.8 Å². The Balaban J connectivity index is 2.13. The Bertz CT molecular complexity index is 637. The zero-order valence-electron chi connectivity index (χ0n) is 16.3. The summed E-state index contributed by atoms with van der Waals surface area (Å²) >= 11 is 0. The average Bonchev–Trinajstić information content (AvgIpc) is 2.66. The number of ether oxygens (including phenoxy) is 3. The summed E-state index contributed by atoms with van der Waals surface area (Å²) < 4.78 is 16.2. The van der Waals surface area contributed by atoms with E-state index in [-0.39, 0.29) is 11.4 Å². The molecule has 1 amide bonds. The Morgan fingerprint density at radius 3 is 2.58 bits per heavy atom. The number of benzene rings is 1. The van der Waals surface area contributed by atoms with Crippen LogP contribution in [0.4, 0.5) is 0 Å². The molecule has 1 fully saturated rings. The standard InChI is InChI=1S/C20H30N2O4/c1-6-7-15-12-16(13-17(24-4)18(15)25-5)19(23)21-14-20(2,3)22-8-10-26-11-9-22/h6,12-13H,1,7-11,14H2,2-5H3,(H,21,23). The molecular weight excluding hydrogens is 332 g/mol. The van der Waals surface area contributed by atoms with Crippen molar-refractivity contribution >= 4 is 5.91 Å². The van der Waals surface area contributed by atoms with Gasteiger partial charge >= 0.3 is 0 Å². The molecule has 0 saturated carbocycles. The first-order valence-corrected chi connectivity index (χ1v) is 8.89. The Morgan fingerprint density at radius 2 is 2.00 bits per heavy atom. The lowest BCUT2D eigenvalue weighted by atomic mass is 10.0. The number of morpholine rings is 1. The number of allylic oxidation sites excluding steroid dienone is 1. The van der Waals surface area contributed by atoms with E-state index in [1.54, 1.807) is 26.4 Å². The second kappa shape index (κ2) is 9.05. The molecule has 0 bridgehead atoms. The minimum absolute atomic E-state index is 0.127. The Morgan fingerprint density at radius 1 is 1.31 bits per heavy atom. The number of carbonyl (C=O) groups excluding carboxylic acids is 1. The molecule has 0 aromatic heterocycles. The molecule has 0 unspecified atom stereocenters. The topological polar surface area (TPSA) is 60.0 Å². The fourth-order valence-electron chi connectivity index (χ4n) is 3.16. The first-order valence-electron chi connectivity index (χ1n) is 8.89. The fourth-order valence-corrected chi connectivity index (χ4v) is 3.16. The predicted molar refractivity (Wildman–Crippen MR) is 102 cm³/mol. The van der Waals surface area contributed by atoms with Crippen LogP contribution >= 0.6 is 0 Å². The van der Waals surface area contributed by atoms with Gasteiger partial charge in [-0.2, -0.15) is 0 Å². The molecule has 6 heteroatoms. The lowest BCUT2D eigenvalue weighted by Crippen LogP contribution is -2.55. The van der Waals surface area contributed by atoms with Gasteiger partial charge in [0.1, 0.15) is 0 Å². The molecule has 1 aliphatic heterocycles. The average molecular weight is 362 g/mol. The molecule has 1 aliphatic rings. The van der Waals surface area contributed by atoms with Gasteiger partial charge in [0, 0.05) is 36.3 Å². The van der Waals surface area contributed by atoms with Gasteiger partial charge in [-0.15, -0.1) is 6.58 Å². The van der Waals surface area contributed by atoms with Crippen LogP contribution in [0.3, 0.4) is 0 Å². The molecule has 0 atom stereocenters. The molecule has 0 radical (unpaired) electrons. The summed E-state index contributed by atoms with van der Waals surface area (Å²) in [7, 11) is 3.16. The number of carbonyl (C=O) groups is 1. The number of rotatable bonds is 8. The van der Waals surface area contributed by atoms with E-state index in [0.717, 1.165) is 31.9 Å². The van der Waals surface area contributed by atoms with Crippen molar-refractivity contribution in [1.29, 1.82) is 0 Å². The van der Waals surface area contributed by atoms with E-state index in [1.165, 1.54) is 0 Å². The van der Waals surface area contributed by atoms with Gasteiger partial charge in [0.15, 0.2) is 11.5 Å². The second-order valence-electron chi connectivity index (χ2n) is 6.96. The third kappa shape index (κ3) is 4.77. The van der Waals surface area contributed by atoms with Crippen LogP contribution < -0.4 is 14.8 Å². The monoisotopic (exact) mass is 362 g/mol. The highest BCUT2D eigenvalue weighted by Crippen LogP contribution is 2.33. The molecule has 0 aliphatic carbocycles. The van der Waals surface area contributed by atoms with Gasteiger partial charge in [0.05, 0.1) is 27.4 Å². The summed E-state index contributed by atoms with van der Waals surface area (Å²) in [6, 6.07) is 3.54. The van der Waals surface area contributed by atoms with Crippen molar-refractivity contribution in [2.24, 2.45) is 0 Å². The number of methoxy groups -OCH3 is 2. The number of nitrogens with one attached hydrogen (secondary N) is 1. The van der Waals surface area contributed by atoms with Crippen LogP contribution in [0.2, 0.25) is 0 Å². The molecule has 1 aromatic rings. The van der Waals surface area contributed by atoms with Gasteiger partial charge in [0.25, 0.3) is 5.91 Å². The summed E-state index contributed by atoms with van der Waals surface area (Å²) in [6.07, 6.45) is 2.38. The molecule has 1 N–H and O–H groups in total. The van der Waals surface area contributed by atoms with Crippen LogP contribution in [-0.4, -0.2) is 63.4 Å². The normalized spacial score (nSPS) is 15.4. The van der Waals surface area contributed by atoms with Crippen LogP contribution in [-0.2, 0) is 11.2 Å². The van der Waals surface area contributed by atoms with Crippen LogP contribution in [0.25, 0.3) is 0 Å². The second-order valence-corrected chi connectivity index (χ2v) is 6.96. The van der Waals surface area contributed by atoms with Crippen molar-refractivity contribution in [3.63, 3.8) is 0 Å². The quantitative estimate of drug-likeness (QED) is 0.719. The highest BCUT2D eigenvalue weighted by Gasteiger charge is 2.29. The molecule has 0 spiro atoms. The predicted octanol–water partition coefficient (Wildman–Crippen LogP) is 2.27. The minimum Gasteiger partial charge on any atom is -0.493 e. The van der Waals surface area contributed by atoms with Gasteiger partial charge in [-0.3, -0.25) is 9.69 Å². The van der Waals surface area contributed by atoms with Gasteiger partial charge in [0.2, 0.25) is 0 Å². The molecule has 144 valence electrons. The summed E-state index contributed by atoms with van der Waals surface area (Å²) in [6.45, 7) is 11.8. The SMILES string of the molecule is C=CCc1cc(C(=O)NCC(C)(C)N2CCOCC2)cc(OC)c1OC. The zero-order valence-corrected chi connectivity index (χ0v) is 16.3. The van der Waals surface area contributed by atoms with Gasteiger partial charge < -0.3 is 19.5 Å². The van der Waals surface area contributed by atoms with E-state index < -0.39 is 0 Å². The highest BCUT2D eigenvalue weighted by atomic mass is 16.5. The van der Waals surface area contributed by atoms with E-state index in [2.05, 4.69) is 30.6 Å². The molecular formula is C20H30N2O4. The smallest absolute Gasteiger partial charge is 0.251 e. The maximum absolute atomic E-state index is 12.7. The van der Waals surface area contributed by atoms with Gasteiger partial charge in [-0.05, 0) is 32.4 Å². The summed E-state index contributed by atoms with van der Waals surface area (Å²) in [4.78, 5) is 15.1. The lowest BCUT2D eigenvalue weighted by Gasteiger charge is -2.40. The molecule has 1 saturated heterocycles. The summed E-state index contributed by atoms with van der Waals surface area (Å²) in [5, 5.41) is 3.05. The maximum Gasteiger partial charge on any atom is 0.251 e. The summed E-state index contributed by atoms with van der Waals surface area (Å²) in [5.41, 5.74) is 1.29. The van der Waals surface area contributed by atoms with E-state index >= 15 is 0 Å². The van der Waals surface area contributed by atoms with Gasteiger partial charge in [-0.1, -0.05) is 6.08 Å². The van der Waals surface area contributed by atoms with Crippen LogP contribution in [0, 0.1) is 0 Å². The molecule has 6 nitrogen and oxygen atoms in total. The largest absolute Gasteiger partial charge is 0.493 e. The number of nitrogens with zero attached hydrogens (tertiary/aromatic N) is 1. The van der Waals surface area contributed by atoms with Crippen LogP contribution in [0.1, 0.15) is 29.8 Å². The molecule has 2 rings (SSSR count). The van der Waals surface area contributed by atoms with E-state index in [4.69, 9.17) is 14.2 Å². The van der Waals surface area contributed by atoms with Crippen LogP contribution in [0.15, 0.2) is 24.8 Å². The highest BCUT2D eigenvalue weighted by molar-refractivity contribution is 5.95. The molecule has 1 aromatic carbocycles. The molecule has 1 heterocycles.